The molecule has 1 N–H and O–H groups in total. The maximum atomic E-state index is 12.1. The first-order valence-corrected chi connectivity index (χ1v) is 10.7. The van der Waals surface area contributed by atoms with E-state index < -0.39 is 0 Å². The number of hydrogen-bond acceptors (Lipinski definition) is 5. The van der Waals surface area contributed by atoms with Crippen LogP contribution in [-0.2, 0) is 9.53 Å². The molecular weight excluding hydrogens is 495 g/mol. The van der Waals surface area contributed by atoms with Gasteiger partial charge < -0.3 is 24.6 Å². The van der Waals surface area contributed by atoms with E-state index in [1.165, 1.54) is 0 Å². The maximum Gasteiger partial charge on any atom is 0.310 e. The highest BCUT2D eigenvalue weighted by molar-refractivity contribution is 14.0. The fraction of sp³-hybridized carbons (Fsp3) is 0.636. The Labute approximate surface area is 197 Å². The van der Waals surface area contributed by atoms with Gasteiger partial charge in [0.25, 0.3) is 0 Å². The molecule has 0 radical (unpaired) electrons. The molecule has 2 unspecified atom stereocenters. The highest BCUT2D eigenvalue weighted by Crippen LogP contribution is 2.31. The third-order valence-electron chi connectivity index (χ3n) is 5.81. The third kappa shape index (κ3) is 6.15. The van der Waals surface area contributed by atoms with Crippen LogP contribution in [0.3, 0.4) is 0 Å². The highest BCUT2D eigenvalue weighted by Gasteiger charge is 2.29. The summed E-state index contributed by atoms with van der Waals surface area (Å²) in [6, 6.07) is 8.20. The molecule has 0 spiro atoms. The summed E-state index contributed by atoms with van der Waals surface area (Å²) in [4.78, 5) is 21.2. The van der Waals surface area contributed by atoms with E-state index in [0.717, 1.165) is 62.8 Å². The first-order valence-electron chi connectivity index (χ1n) is 10.7. The number of nitrogens with one attached hydrogen (secondary N) is 1. The number of benzene rings is 1. The van der Waals surface area contributed by atoms with Gasteiger partial charge in [-0.15, -0.1) is 24.0 Å². The average Bonchev–Trinajstić information content (AvgIpc) is 3.23. The molecule has 0 bridgehead atoms. The number of carbonyl (C=O) groups is 1. The van der Waals surface area contributed by atoms with E-state index in [2.05, 4.69) is 32.2 Å². The van der Waals surface area contributed by atoms with Crippen molar-refractivity contribution in [1.82, 2.24) is 10.2 Å². The molecule has 2 atom stereocenters. The van der Waals surface area contributed by atoms with Crippen molar-refractivity contribution >= 4 is 41.6 Å². The number of esters is 1. The van der Waals surface area contributed by atoms with Crippen molar-refractivity contribution in [3.8, 4) is 5.75 Å². The molecule has 0 amide bonds. The van der Waals surface area contributed by atoms with E-state index in [9.17, 15) is 4.79 Å². The first kappa shape index (κ1) is 24.6. The number of piperidine rings is 1. The van der Waals surface area contributed by atoms with Crippen LogP contribution in [0.25, 0.3) is 0 Å². The second kappa shape index (κ2) is 12.2. The SMILES string of the molecule is CCOC(=O)C1CCCN(C(=NC)NCC2CCN(c3ccccc3OC)C2)C1.I. The van der Waals surface area contributed by atoms with Crippen molar-refractivity contribution in [1.29, 1.82) is 0 Å². The summed E-state index contributed by atoms with van der Waals surface area (Å²) in [7, 11) is 3.53. The summed E-state index contributed by atoms with van der Waals surface area (Å²) < 4.78 is 10.7. The van der Waals surface area contributed by atoms with E-state index in [1.807, 2.05) is 26.1 Å². The van der Waals surface area contributed by atoms with Gasteiger partial charge in [-0.3, -0.25) is 9.79 Å². The number of halogens is 1. The van der Waals surface area contributed by atoms with E-state index in [1.54, 1.807) is 7.11 Å². The average molecular weight is 530 g/mol. The molecule has 1 aromatic rings. The Bertz CT molecular complexity index is 715. The predicted molar refractivity (Wildman–Crippen MR) is 131 cm³/mol. The number of anilines is 1. The number of carbonyl (C=O) groups excluding carboxylic acids is 1. The molecule has 30 heavy (non-hydrogen) atoms. The molecule has 168 valence electrons. The smallest absolute Gasteiger partial charge is 0.310 e. The lowest BCUT2D eigenvalue weighted by molar-refractivity contribution is -0.149. The monoisotopic (exact) mass is 530 g/mol. The lowest BCUT2D eigenvalue weighted by Crippen LogP contribution is -2.49. The lowest BCUT2D eigenvalue weighted by Gasteiger charge is -2.34. The van der Waals surface area contributed by atoms with Gasteiger partial charge in [-0.1, -0.05) is 12.1 Å². The largest absolute Gasteiger partial charge is 0.495 e. The van der Waals surface area contributed by atoms with Crippen LogP contribution >= 0.6 is 24.0 Å². The van der Waals surface area contributed by atoms with Gasteiger partial charge in [-0.2, -0.15) is 0 Å². The molecule has 7 nitrogen and oxygen atoms in total. The molecule has 2 heterocycles. The molecule has 0 aromatic heterocycles. The molecule has 3 rings (SSSR count). The van der Waals surface area contributed by atoms with Crippen LogP contribution in [0.4, 0.5) is 5.69 Å². The Balaban J connectivity index is 0.00000320. The Hall–Kier alpha value is -1.71. The highest BCUT2D eigenvalue weighted by atomic mass is 127. The van der Waals surface area contributed by atoms with Crippen LogP contribution in [0.15, 0.2) is 29.3 Å². The van der Waals surface area contributed by atoms with Crippen molar-refractivity contribution < 1.29 is 14.3 Å². The first-order chi connectivity index (χ1) is 14.2. The number of guanidine groups is 1. The minimum Gasteiger partial charge on any atom is -0.495 e. The van der Waals surface area contributed by atoms with Crippen molar-refractivity contribution in [2.75, 3.05) is 58.4 Å². The fourth-order valence-corrected chi connectivity index (χ4v) is 4.30. The van der Waals surface area contributed by atoms with Gasteiger partial charge >= 0.3 is 5.97 Å². The Morgan fingerprint density at radius 1 is 1.23 bits per heavy atom. The second-order valence-corrected chi connectivity index (χ2v) is 7.74. The van der Waals surface area contributed by atoms with Crippen LogP contribution in [0.2, 0.25) is 0 Å². The van der Waals surface area contributed by atoms with Gasteiger partial charge in [0.15, 0.2) is 5.96 Å². The molecule has 2 fully saturated rings. The van der Waals surface area contributed by atoms with Crippen LogP contribution in [0.5, 0.6) is 5.75 Å². The quantitative estimate of drug-likeness (QED) is 0.264. The zero-order valence-electron chi connectivity index (χ0n) is 18.3. The molecule has 0 saturated carbocycles. The van der Waals surface area contributed by atoms with Crippen molar-refractivity contribution in [3.05, 3.63) is 24.3 Å². The van der Waals surface area contributed by atoms with Gasteiger partial charge in [0.1, 0.15) is 5.75 Å². The molecule has 8 heteroatoms. The number of aliphatic imine (C=N–C) groups is 1. The summed E-state index contributed by atoms with van der Waals surface area (Å²) in [6.45, 7) is 6.79. The van der Waals surface area contributed by atoms with Gasteiger partial charge in [0.05, 0.1) is 25.3 Å². The van der Waals surface area contributed by atoms with E-state index in [4.69, 9.17) is 9.47 Å². The van der Waals surface area contributed by atoms with Gasteiger partial charge in [0, 0.05) is 39.8 Å². The van der Waals surface area contributed by atoms with Gasteiger partial charge in [-0.05, 0) is 44.2 Å². The number of rotatable bonds is 6. The van der Waals surface area contributed by atoms with E-state index in [0.29, 0.717) is 19.1 Å². The normalized spacial score (nSPS) is 21.8. The topological polar surface area (TPSA) is 66.4 Å². The zero-order valence-corrected chi connectivity index (χ0v) is 20.6. The minimum atomic E-state index is -0.0871. The number of para-hydroxylation sites is 2. The summed E-state index contributed by atoms with van der Waals surface area (Å²) in [5.74, 6) is 2.21. The van der Waals surface area contributed by atoms with E-state index >= 15 is 0 Å². The Morgan fingerprint density at radius 2 is 2.03 bits per heavy atom. The number of nitrogens with zero attached hydrogens (tertiary/aromatic N) is 3. The molecule has 1 aromatic carbocycles. The number of methoxy groups -OCH3 is 1. The minimum absolute atomic E-state index is 0. The lowest BCUT2D eigenvalue weighted by atomic mass is 9.98. The predicted octanol–water partition coefficient (Wildman–Crippen LogP) is 2.99. The molecule has 2 aliphatic rings. The summed E-state index contributed by atoms with van der Waals surface area (Å²) >= 11 is 0. The summed E-state index contributed by atoms with van der Waals surface area (Å²) in [6.07, 6.45) is 3.01. The van der Waals surface area contributed by atoms with Crippen molar-refractivity contribution in [2.45, 2.75) is 26.2 Å². The number of hydrogen-bond donors (Lipinski definition) is 1. The van der Waals surface area contributed by atoms with E-state index in [-0.39, 0.29) is 35.9 Å². The maximum absolute atomic E-state index is 12.1. The Kier molecular flexibility index (Phi) is 10.0. The Morgan fingerprint density at radius 3 is 2.77 bits per heavy atom. The van der Waals surface area contributed by atoms with Crippen LogP contribution < -0.4 is 15.0 Å². The fourth-order valence-electron chi connectivity index (χ4n) is 4.30. The van der Waals surface area contributed by atoms with Crippen LogP contribution in [-0.4, -0.2) is 70.3 Å². The standard InChI is InChI=1S/C22H34N4O3.HI/c1-4-29-21(27)18-8-7-12-26(16-18)22(23-2)24-14-17-11-13-25(15-17)19-9-5-6-10-20(19)28-3;/h5-6,9-10,17-18H,4,7-8,11-16H2,1-3H3,(H,23,24);1H. The van der Waals surface area contributed by atoms with Gasteiger partial charge in [0.2, 0.25) is 0 Å². The molecule has 0 aliphatic carbocycles. The molecular formula is C22H35IN4O3. The van der Waals surface area contributed by atoms with Gasteiger partial charge in [-0.25, -0.2) is 0 Å². The molecule has 2 saturated heterocycles. The second-order valence-electron chi connectivity index (χ2n) is 7.74. The van der Waals surface area contributed by atoms with Crippen LogP contribution in [0.1, 0.15) is 26.2 Å². The number of ether oxygens (including phenoxy) is 2. The summed E-state index contributed by atoms with van der Waals surface area (Å²) in [5.41, 5.74) is 1.16. The zero-order chi connectivity index (χ0) is 20.6. The van der Waals surface area contributed by atoms with Crippen molar-refractivity contribution in [2.24, 2.45) is 16.8 Å². The van der Waals surface area contributed by atoms with Crippen LogP contribution in [0, 0.1) is 11.8 Å². The third-order valence-corrected chi connectivity index (χ3v) is 5.81. The molecule has 2 aliphatic heterocycles. The van der Waals surface area contributed by atoms with Crippen molar-refractivity contribution in [3.63, 3.8) is 0 Å². The summed E-state index contributed by atoms with van der Waals surface area (Å²) in [5, 5.41) is 3.54. The number of likely N-dealkylation sites (tertiary alicyclic amines) is 1.